The summed E-state index contributed by atoms with van der Waals surface area (Å²) in [6.07, 6.45) is 0.757. The van der Waals surface area contributed by atoms with Crippen LogP contribution in [0.5, 0.6) is 0 Å². The normalized spacial score (nSPS) is 55.4. The van der Waals surface area contributed by atoms with Crippen molar-refractivity contribution >= 4 is 8.46 Å². The Morgan fingerprint density at radius 2 is 2.20 bits per heavy atom. The third kappa shape index (κ3) is 1.19. The van der Waals surface area contributed by atoms with Gasteiger partial charge in [-0.05, 0) is 26.2 Å². The molecule has 0 aromatic rings. The van der Waals surface area contributed by atoms with Gasteiger partial charge in [0.05, 0.1) is 12.2 Å². The van der Waals surface area contributed by atoms with Gasteiger partial charge in [0.2, 0.25) is 0 Å². The number of aliphatic hydroxyl groups is 1. The van der Waals surface area contributed by atoms with Gasteiger partial charge in [0.1, 0.15) is 6.10 Å². The monoisotopic (exact) mass is 230 g/mol. The van der Waals surface area contributed by atoms with Crippen LogP contribution in [0.3, 0.4) is 0 Å². The molecule has 84 valence electrons. The molecule has 3 fully saturated rings. The molecule has 3 aliphatic rings. The summed E-state index contributed by atoms with van der Waals surface area (Å²) in [4.78, 5) is 0. The van der Waals surface area contributed by atoms with E-state index in [0.717, 1.165) is 6.42 Å². The van der Waals surface area contributed by atoms with Gasteiger partial charge in [-0.2, -0.15) is 0 Å². The first-order valence-electron chi connectivity index (χ1n) is 5.33. The van der Waals surface area contributed by atoms with Gasteiger partial charge in [-0.3, -0.25) is 4.57 Å². The molecule has 5 heteroatoms. The fourth-order valence-corrected chi connectivity index (χ4v) is 4.03. The number of hydrogen-bond acceptors (Lipinski definition) is 4. The van der Waals surface area contributed by atoms with Crippen molar-refractivity contribution in [3.05, 3.63) is 0 Å². The number of fused-ring (bicyclic) bond motifs is 3. The summed E-state index contributed by atoms with van der Waals surface area (Å²) in [5.74, 6) is -0.388. The minimum absolute atomic E-state index is 0.0750. The van der Waals surface area contributed by atoms with Gasteiger partial charge in [-0.1, -0.05) is 0 Å². The minimum Gasteiger partial charge on any atom is -0.390 e. The molecule has 1 N–H and O–H groups in total. The molecule has 1 aliphatic heterocycles. The summed E-state index contributed by atoms with van der Waals surface area (Å²) in [6, 6.07) is 0. The number of hydrogen-bond donors (Lipinski definition) is 1. The predicted molar refractivity (Wildman–Crippen MR) is 52.8 cm³/mol. The topological polar surface area (TPSA) is 55.8 Å². The molecule has 0 aromatic heterocycles. The van der Waals surface area contributed by atoms with Crippen molar-refractivity contribution in [2.75, 3.05) is 6.16 Å². The molecule has 4 nitrogen and oxygen atoms in total. The van der Waals surface area contributed by atoms with Crippen molar-refractivity contribution in [3.63, 3.8) is 0 Å². The average Bonchev–Trinajstić information content (AvgIpc) is 2.71. The first-order valence-corrected chi connectivity index (χ1v) is 6.33. The zero-order chi connectivity index (χ0) is 10.8. The van der Waals surface area contributed by atoms with Gasteiger partial charge in [-0.15, -0.1) is 0 Å². The van der Waals surface area contributed by atoms with Gasteiger partial charge in [-0.25, -0.2) is 0 Å². The molecule has 0 bridgehead atoms. The van der Waals surface area contributed by atoms with E-state index in [1.807, 2.05) is 13.8 Å². The molecule has 2 saturated carbocycles. The lowest BCUT2D eigenvalue weighted by molar-refractivity contribution is -0.166. The summed E-state index contributed by atoms with van der Waals surface area (Å²) in [5.41, 5.74) is -0.0822. The Labute approximate surface area is 90.1 Å². The van der Waals surface area contributed by atoms with Crippen LogP contribution in [0.2, 0.25) is 0 Å². The Morgan fingerprint density at radius 1 is 1.47 bits per heavy atom. The van der Waals surface area contributed by atoms with Crippen molar-refractivity contribution < 1.29 is 19.1 Å². The Kier molecular flexibility index (Phi) is 1.90. The minimum atomic E-state index is -0.614. The molecule has 0 spiro atoms. The lowest BCUT2D eigenvalue weighted by atomic mass is 10.0. The van der Waals surface area contributed by atoms with Gasteiger partial charge in [0, 0.05) is 11.6 Å². The summed E-state index contributed by atoms with van der Waals surface area (Å²) >= 11 is 0. The molecule has 0 amide bonds. The fourth-order valence-electron chi connectivity index (χ4n) is 3.24. The van der Waals surface area contributed by atoms with E-state index in [1.54, 1.807) is 0 Å². The predicted octanol–water partition coefficient (Wildman–Crippen LogP) is 1.18. The molecule has 1 saturated heterocycles. The maximum Gasteiger partial charge on any atom is 0.163 e. The van der Waals surface area contributed by atoms with Gasteiger partial charge >= 0.3 is 0 Å². The zero-order valence-electron chi connectivity index (χ0n) is 8.84. The van der Waals surface area contributed by atoms with E-state index in [0.29, 0.717) is 6.16 Å². The van der Waals surface area contributed by atoms with E-state index < -0.39 is 11.9 Å². The zero-order valence-corrected chi connectivity index (χ0v) is 9.74. The third-order valence-electron chi connectivity index (χ3n) is 3.98. The Morgan fingerprint density at radius 3 is 2.87 bits per heavy atom. The van der Waals surface area contributed by atoms with Crippen LogP contribution < -0.4 is 0 Å². The van der Waals surface area contributed by atoms with Gasteiger partial charge in [0.25, 0.3) is 0 Å². The number of aliphatic hydroxyl groups excluding tert-OH is 1. The molecule has 1 heterocycles. The van der Waals surface area contributed by atoms with Crippen LogP contribution in [0.1, 0.15) is 20.3 Å². The molecule has 0 unspecified atom stereocenters. The van der Waals surface area contributed by atoms with Crippen LogP contribution in [0.4, 0.5) is 0 Å². The summed E-state index contributed by atoms with van der Waals surface area (Å²) in [5, 5.41) is 10.0. The average molecular weight is 230 g/mol. The van der Waals surface area contributed by atoms with E-state index in [4.69, 9.17) is 9.47 Å². The lowest BCUT2D eigenvalue weighted by Crippen LogP contribution is -2.33. The maximum atomic E-state index is 10.8. The van der Waals surface area contributed by atoms with E-state index in [1.165, 1.54) is 0 Å². The first-order chi connectivity index (χ1) is 7.00. The molecular weight excluding hydrogens is 215 g/mol. The summed E-state index contributed by atoms with van der Waals surface area (Å²) in [7, 11) is 0.140. The highest BCUT2D eigenvalue weighted by atomic mass is 31.1. The second-order valence-electron chi connectivity index (χ2n) is 5.34. The second kappa shape index (κ2) is 2.80. The van der Waals surface area contributed by atoms with Crippen LogP contribution in [0, 0.1) is 11.3 Å². The van der Waals surface area contributed by atoms with E-state index in [9.17, 15) is 9.67 Å². The Bertz CT molecular complexity index is 319. The number of rotatable bonds is 2. The van der Waals surface area contributed by atoms with Crippen molar-refractivity contribution in [2.45, 2.75) is 44.4 Å². The number of ether oxygens (including phenoxy) is 2. The van der Waals surface area contributed by atoms with Crippen molar-refractivity contribution in [1.29, 1.82) is 0 Å². The molecule has 0 radical (unpaired) electrons. The Hall–Kier alpha value is -0.0200. The standard InChI is InChI=1S/C10H15O4P/c1-9(2)13-7-6(11)5-3-10(5,4-15-12)8(7)14-9/h5-8,11H,3-4H2,1-2H3/t5-,6+,7+,8+,10+/m1/s1. The highest BCUT2D eigenvalue weighted by Crippen LogP contribution is 2.68. The van der Waals surface area contributed by atoms with Crippen molar-refractivity contribution in [3.8, 4) is 0 Å². The van der Waals surface area contributed by atoms with Crippen LogP contribution >= 0.6 is 8.46 Å². The smallest absolute Gasteiger partial charge is 0.163 e. The molecular formula is C10H15O4P. The first kappa shape index (κ1) is 10.2. The second-order valence-corrected chi connectivity index (χ2v) is 5.92. The molecule has 5 atom stereocenters. The SMILES string of the molecule is CC1(C)O[C@H]2[C@@H](O)[C@H]3C[C@@]3(CP=O)[C@H]2O1. The fraction of sp³-hybridized carbons (Fsp3) is 1.00. The molecule has 0 aromatic carbocycles. The maximum absolute atomic E-state index is 10.8. The van der Waals surface area contributed by atoms with Crippen LogP contribution in [-0.4, -0.2) is 35.4 Å². The largest absolute Gasteiger partial charge is 0.390 e. The van der Waals surface area contributed by atoms with E-state index in [2.05, 4.69) is 0 Å². The highest BCUT2D eigenvalue weighted by Gasteiger charge is 2.75. The van der Waals surface area contributed by atoms with Gasteiger partial charge < -0.3 is 14.6 Å². The summed E-state index contributed by atoms with van der Waals surface area (Å²) in [6.45, 7) is 3.72. The third-order valence-corrected chi connectivity index (χ3v) is 4.70. The molecule has 15 heavy (non-hydrogen) atoms. The highest BCUT2D eigenvalue weighted by molar-refractivity contribution is 7.23. The van der Waals surface area contributed by atoms with E-state index in [-0.39, 0.29) is 32.0 Å². The summed E-state index contributed by atoms with van der Waals surface area (Å²) < 4.78 is 22.3. The quantitative estimate of drug-likeness (QED) is 0.724. The lowest BCUT2D eigenvalue weighted by Gasteiger charge is -2.21. The van der Waals surface area contributed by atoms with Crippen molar-refractivity contribution in [2.24, 2.45) is 11.3 Å². The van der Waals surface area contributed by atoms with Crippen LogP contribution in [0.25, 0.3) is 0 Å². The molecule has 2 aliphatic carbocycles. The Balaban J connectivity index is 1.89. The van der Waals surface area contributed by atoms with Crippen LogP contribution in [0.15, 0.2) is 0 Å². The van der Waals surface area contributed by atoms with E-state index >= 15 is 0 Å². The van der Waals surface area contributed by atoms with Crippen molar-refractivity contribution in [1.82, 2.24) is 0 Å². The molecule has 3 rings (SSSR count). The van der Waals surface area contributed by atoms with Crippen LogP contribution in [-0.2, 0) is 14.0 Å². The van der Waals surface area contributed by atoms with Gasteiger partial charge in [0.15, 0.2) is 14.2 Å².